The number of aliphatic carboxylic acids is 1. The van der Waals surface area contributed by atoms with Crippen molar-refractivity contribution in [3.63, 3.8) is 0 Å². The third-order valence-corrected chi connectivity index (χ3v) is 3.37. The van der Waals surface area contributed by atoms with Crippen LogP contribution in [0, 0.1) is 0 Å². The van der Waals surface area contributed by atoms with E-state index >= 15 is 0 Å². The van der Waals surface area contributed by atoms with Crippen LogP contribution in [0.25, 0.3) is 11.1 Å². The van der Waals surface area contributed by atoms with Crippen LogP contribution in [-0.4, -0.2) is 16.2 Å². The van der Waals surface area contributed by atoms with E-state index in [1.807, 2.05) is 12.1 Å². The molecule has 3 nitrogen and oxygen atoms in total. The van der Waals surface area contributed by atoms with Gasteiger partial charge in [-0.1, -0.05) is 62.4 Å². The number of benzene rings is 2. The first-order chi connectivity index (χ1) is 9.49. The molecule has 0 amide bonds. The molecule has 2 N–H and O–H groups in total. The monoisotopic (exact) mass is 270 g/mol. The molecule has 0 aliphatic rings. The second-order valence-electron chi connectivity index (χ2n) is 5.14. The van der Waals surface area contributed by atoms with Gasteiger partial charge < -0.3 is 10.2 Å². The summed E-state index contributed by atoms with van der Waals surface area (Å²) >= 11 is 0. The van der Waals surface area contributed by atoms with Crippen LogP contribution in [-0.2, 0) is 4.79 Å². The predicted octanol–water partition coefficient (Wildman–Crippen LogP) is 3.60. The molecule has 2 aromatic carbocycles. The third kappa shape index (κ3) is 3.06. The number of hydrogen-bond acceptors (Lipinski definition) is 2. The fraction of sp³-hybridized carbons (Fsp3) is 0.235. The Morgan fingerprint density at radius 2 is 1.25 bits per heavy atom. The summed E-state index contributed by atoms with van der Waals surface area (Å²) in [5.41, 5.74) is 3.75. The molecule has 0 fully saturated rings. The number of hydrogen-bond donors (Lipinski definition) is 2. The van der Waals surface area contributed by atoms with E-state index in [4.69, 9.17) is 5.11 Å². The van der Waals surface area contributed by atoms with Gasteiger partial charge in [-0.25, -0.2) is 4.79 Å². The molecule has 2 aromatic rings. The molecule has 0 bridgehead atoms. The normalized spacial score (nSPS) is 12.4. The molecule has 0 aliphatic heterocycles. The Bertz CT molecular complexity index is 583. The Hall–Kier alpha value is -2.13. The molecule has 0 saturated heterocycles. The largest absolute Gasteiger partial charge is 0.479 e. The SMILES string of the molecule is CC(C)c1ccc(-c2ccc(C(O)C(=O)O)cc2)cc1. The summed E-state index contributed by atoms with van der Waals surface area (Å²) in [5.74, 6) is -0.740. The van der Waals surface area contributed by atoms with Crippen molar-refractivity contribution in [3.05, 3.63) is 59.7 Å². The third-order valence-electron chi connectivity index (χ3n) is 3.37. The molecule has 0 aliphatic carbocycles. The average Bonchev–Trinajstić information content (AvgIpc) is 2.46. The van der Waals surface area contributed by atoms with Crippen LogP contribution >= 0.6 is 0 Å². The highest BCUT2D eigenvalue weighted by Crippen LogP contribution is 2.24. The Balaban J connectivity index is 2.23. The van der Waals surface area contributed by atoms with E-state index in [-0.39, 0.29) is 0 Å². The van der Waals surface area contributed by atoms with Gasteiger partial charge in [-0.3, -0.25) is 0 Å². The molecule has 0 aromatic heterocycles. The van der Waals surface area contributed by atoms with Gasteiger partial charge in [0.2, 0.25) is 0 Å². The minimum absolute atomic E-state index is 0.389. The first-order valence-electron chi connectivity index (χ1n) is 6.60. The maximum Gasteiger partial charge on any atom is 0.337 e. The van der Waals surface area contributed by atoms with Crippen LogP contribution in [0.15, 0.2) is 48.5 Å². The van der Waals surface area contributed by atoms with E-state index in [9.17, 15) is 9.90 Å². The van der Waals surface area contributed by atoms with Gasteiger partial charge in [0.15, 0.2) is 6.10 Å². The molecule has 3 heteroatoms. The van der Waals surface area contributed by atoms with E-state index in [1.54, 1.807) is 12.1 Å². The standard InChI is InChI=1S/C17H18O3/c1-11(2)12-3-5-13(6-4-12)14-7-9-15(10-8-14)16(18)17(19)20/h3-11,16,18H,1-2H3,(H,19,20). The molecule has 0 saturated carbocycles. The Morgan fingerprint density at radius 1 is 0.850 bits per heavy atom. The first kappa shape index (κ1) is 14.3. The van der Waals surface area contributed by atoms with Gasteiger partial charge in [0.1, 0.15) is 0 Å². The van der Waals surface area contributed by atoms with Crippen LogP contribution < -0.4 is 0 Å². The number of aliphatic hydroxyl groups excluding tert-OH is 1. The molecule has 0 spiro atoms. The van der Waals surface area contributed by atoms with Crippen LogP contribution in [0.1, 0.15) is 37.0 Å². The fourth-order valence-electron chi connectivity index (χ4n) is 2.06. The zero-order valence-electron chi connectivity index (χ0n) is 11.6. The summed E-state index contributed by atoms with van der Waals surface area (Å²) < 4.78 is 0. The second kappa shape index (κ2) is 5.88. The fourth-order valence-corrected chi connectivity index (χ4v) is 2.06. The van der Waals surface area contributed by atoms with Crippen LogP contribution in [0.4, 0.5) is 0 Å². The summed E-state index contributed by atoms with van der Waals surface area (Å²) in [5, 5.41) is 18.2. The summed E-state index contributed by atoms with van der Waals surface area (Å²) in [6, 6.07) is 15.2. The highest BCUT2D eigenvalue weighted by atomic mass is 16.4. The van der Waals surface area contributed by atoms with Crippen molar-refractivity contribution < 1.29 is 15.0 Å². The highest BCUT2D eigenvalue weighted by Gasteiger charge is 2.15. The van der Waals surface area contributed by atoms with Crippen molar-refractivity contribution >= 4 is 5.97 Å². The molecule has 20 heavy (non-hydrogen) atoms. The summed E-state index contributed by atoms with van der Waals surface area (Å²) in [4.78, 5) is 10.7. The van der Waals surface area contributed by atoms with Crippen molar-refractivity contribution in [2.45, 2.75) is 25.9 Å². The van der Waals surface area contributed by atoms with E-state index < -0.39 is 12.1 Å². The van der Waals surface area contributed by atoms with Crippen LogP contribution in [0.5, 0.6) is 0 Å². The van der Waals surface area contributed by atoms with Crippen molar-refractivity contribution in [2.75, 3.05) is 0 Å². The van der Waals surface area contributed by atoms with Gasteiger partial charge in [-0.2, -0.15) is 0 Å². The second-order valence-corrected chi connectivity index (χ2v) is 5.14. The Kier molecular flexibility index (Phi) is 4.20. The van der Waals surface area contributed by atoms with Gasteiger partial charge in [0.05, 0.1) is 0 Å². The average molecular weight is 270 g/mol. The maximum absolute atomic E-state index is 10.7. The van der Waals surface area contributed by atoms with Crippen molar-refractivity contribution in [1.29, 1.82) is 0 Å². The molecule has 0 heterocycles. The van der Waals surface area contributed by atoms with Gasteiger partial charge in [-0.05, 0) is 28.2 Å². The van der Waals surface area contributed by atoms with Crippen molar-refractivity contribution in [2.24, 2.45) is 0 Å². The van der Waals surface area contributed by atoms with E-state index in [0.29, 0.717) is 11.5 Å². The van der Waals surface area contributed by atoms with Crippen LogP contribution in [0.3, 0.4) is 0 Å². The summed E-state index contributed by atoms with van der Waals surface area (Å²) in [6.45, 7) is 4.30. The lowest BCUT2D eigenvalue weighted by Crippen LogP contribution is -2.10. The number of carboxylic acids is 1. The minimum atomic E-state index is -1.47. The minimum Gasteiger partial charge on any atom is -0.479 e. The number of aliphatic hydroxyl groups is 1. The molecule has 2 rings (SSSR count). The zero-order chi connectivity index (χ0) is 14.7. The zero-order valence-corrected chi connectivity index (χ0v) is 11.6. The summed E-state index contributed by atoms with van der Waals surface area (Å²) in [6.07, 6.45) is -1.47. The van der Waals surface area contributed by atoms with Gasteiger partial charge in [-0.15, -0.1) is 0 Å². The topological polar surface area (TPSA) is 57.5 Å². The lowest BCUT2D eigenvalue weighted by atomic mass is 9.98. The van der Waals surface area contributed by atoms with Crippen molar-refractivity contribution in [3.8, 4) is 11.1 Å². The first-order valence-corrected chi connectivity index (χ1v) is 6.60. The van der Waals surface area contributed by atoms with Crippen LogP contribution in [0.2, 0.25) is 0 Å². The van der Waals surface area contributed by atoms with Gasteiger partial charge in [0.25, 0.3) is 0 Å². The number of carboxylic acid groups (broad SMARTS) is 1. The van der Waals surface area contributed by atoms with Gasteiger partial charge >= 0.3 is 5.97 Å². The molecule has 1 unspecified atom stereocenters. The summed E-state index contributed by atoms with van der Waals surface area (Å²) in [7, 11) is 0. The molecule has 104 valence electrons. The highest BCUT2D eigenvalue weighted by molar-refractivity contribution is 5.74. The lowest BCUT2D eigenvalue weighted by molar-refractivity contribution is -0.146. The van der Waals surface area contributed by atoms with Gasteiger partial charge in [0, 0.05) is 0 Å². The quantitative estimate of drug-likeness (QED) is 0.892. The van der Waals surface area contributed by atoms with Crippen molar-refractivity contribution in [1.82, 2.24) is 0 Å². The number of carbonyl (C=O) groups is 1. The lowest BCUT2D eigenvalue weighted by Gasteiger charge is -2.09. The molecular formula is C17H18O3. The Morgan fingerprint density at radius 3 is 1.60 bits per heavy atom. The molecule has 0 radical (unpaired) electrons. The smallest absolute Gasteiger partial charge is 0.337 e. The maximum atomic E-state index is 10.7. The number of rotatable bonds is 4. The molecule has 1 atom stereocenters. The predicted molar refractivity (Wildman–Crippen MR) is 78.6 cm³/mol. The van der Waals surface area contributed by atoms with E-state index in [0.717, 1.165) is 11.1 Å². The Labute approximate surface area is 118 Å². The van der Waals surface area contributed by atoms with E-state index in [2.05, 4.69) is 38.1 Å². The molecular weight excluding hydrogens is 252 g/mol. The van der Waals surface area contributed by atoms with E-state index in [1.165, 1.54) is 5.56 Å².